The first kappa shape index (κ1) is 34.6. The van der Waals surface area contributed by atoms with Gasteiger partial charge >= 0.3 is 12.1 Å². The highest BCUT2D eigenvalue weighted by molar-refractivity contribution is 5.97. The summed E-state index contributed by atoms with van der Waals surface area (Å²) in [6, 6.07) is 9.93. The molecule has 0 unspecified atom stereocenters. The third-order valence-corrected chi connectivity index (χ3v) is 8.47. The van der Waals surface area contributed by atoms with Crippen LogP contribution >= 0.6 is 0 Å². The Kier molecular flexibility index (Phi) is 13.1. The van der Waals surface area contributed by atoms with E-state index >= 15 is 0 Å². The zero-order chi connectivity index (χ0) is 32.9. The van der Waals surface area contributed by atoms with Gasteiger partial charge in [-0.25, -0.2) is 14.8 Å². The van der Waals surface area contributed by atoms with Crippen molar-refractivity contribution in [1.29, 1.82) is 0 Å². The number of amides is 3. The standard InChI is InChI=1S/C33H46N6O7/c1-3-4-21-46-33(44)39-19-17-38(18-20-39)32(43)26(10-11-29(40)41)35-31(42)27-23-28(36-30(34-27)25-8-6-5-7-9-25)37-15-12-24(13-16-37)14-22-45-2/h5-9,23-24,26H,3-4,10-22H2,1-2H3,(H,35,42)(H,40,41)/t26-/m0/s1. The Labute approximate surface area is 270 Å². The average Bonchev–Trinajstić information content (AvgIpc) is 3.09. The van der Waals surface area contributed by atoms with Gasteiger partial charge in [-0.1, -0.05) is 43.7 Å². The summed E-state index contributed by atoms with van der Waals surface area (Å²) < 4.78 is 10.5. The molecule has 2 fully saturated rings. The van der Waals surface area contributed by atoms with Crippen molar-refractivity contribution in [3.8, 4) is 11.4 Å². The lowest BCUT2D eigenvalue weighted by atomic mass is 9.94. The minimum absolute atomic E-state index is 0.0857. The summed E-state index contributed by atoms with van der Waals surface area (Å²) in [6.45, 7) is 5.71. The Balaban J connectivity index is 1.49. The van der Waals surface area contributed by atoms with Crippen molar-refractivity contribution < 1.29 is 33.8 Å². The maximum atomic E-state index is 13.7. The molecule has 2 aliphatic rings. The van der Waals surface area contributed by atoms with E-state index in [4.69, 9.17) is 14.5 Å². The van der Waals surface area contributed by atoms with Gasteiger partial charge in [-0.15, -0.1) is 0 Å². The fraction of sp³-hybridized carbons (Fsp3) is 0.576. The second-order valence-electron chi connectivity index (χ2n) is 11.8. The predicted octanol–water partition coefficient (Wildman–Crippen LogP) is 3.44. The van der Waals surface area contributed by atoms with Crippen LogP contribution in [0.5, 0.6) is 0 Å². The number of nitrogens with zero attached hydrogens (tertiary/aromatic N) is 5. The molecule has 4 rings (SSSR count). The lowest BCUT2D eigenvalue weighted by Gasteiger charge is -2.36. The number of rotatable bonds is 14. The summed E-state index contributed by atoms with van der Waals surface area (Å²) >= 11 is 0. The van der Waals surface area contributed by atoms with Crippen molar-refractivity contribution in [3.05, 3.63) is 42.1 Å². The van der Waals surface area contributed by atoms with Gasteiger partial charge in [0.1, 0.15) is 17.6 Å². The van der Waals surface area contributed by atoms with Crippen molar-refractivity contribution in [2.24, 2.45) is 5.92 Å². The van der Waals surface area contributed by atoms with Crippen LogP contribution in [0.1, 0.15) is 62.4 Å². The van der Waals surface area contributed by atoms with E-state index in [0.717, 1.165) is 57.4 Å². The molecule has 250 valence electrons. The Bertz CT molecular complexity index is 1310. The number of carbonyl (C=O) groups is 4. The van der Waals surface area contributed by atoms with Gasteiger partial charge < -0.3 is 34.6 Å². The summed E-state index contributed by atoms with van der Waals surface area (Å²) in [6.07, 6.45) is 3.85. The second-order valence-corrected chi connectivity index (χ2v) is 11.8. The monoisotopic (exact) mass is 638 g/mol. The molecular weight excluding hydrogens is 592 g/mol. The molecule has 3 amide bonds. The molecule has 0 aliphatic carbocycles. The number of aliphatic carboxylic acids is 1. The zero-order valence-corrected chi connectivity index (χ0v) is 26.9. The minimum Gasteiger partial charge on any atom is -0.481 e. The molecule has 13 nitrogen and oxygen atoms in total. The Hall–Kier alpha value is -4.26. The first-order valence-corrected chi connectivity index (χ1v) is 16.2. The number of carbonyl (C=O) groups excluding carboxylic acids is 3. The Morgan fingerprint density at radius 2 is 1.67 bits per heavy atom. The fourth-order valence-electron chi connectivity index (χ4n) is 5.65. The topological polar surface area (TPSA) is 154 Å². The van der Waals surface area contributed by atoms with E-state index in [9.17, 15) is 24.3 Å². The number of unbranched alkanes of at least 4 members (excludes halogenated alkanes) is 1. The van der Waals surface area contributed by atoms with Crippen molar-refractivity contribution in [2.75, 3.05) is 64.5 Å². The number of anilines is 1. The maximum Gasteiger partial charge on any atom is 0.409 e. The van der Waals surface area contributed by atoms with Gasteiger partial charge in [-0.3, -0.25) is 14.4 Å². The molecule has 1 aromatic carbocycles. The van der Waals surface area contributed by atoms with Crippen LogP contribution in [0.25, 0.3) is 11.4 Å². The van der Waals surface area contributed by atoms with Gasteiger partial charge in [0.05, 0.1) is 6.61 Å². The van der Waals surface area contributed by atoms with E-state index in [-0.39, 0.29) is 44.7 Å². The second kappa shape index (κ2) is 17.4. The first-order valence-electron chi connectivity index (χ1n) is 16.2. The van der Waals surface area contributed by atoms with E-state index in [1.54, 1.807) is 23.0 Å². The molecule has 1 atom stereocenters. The first-order chi connectivity index (χ1) is 22.3. The summed E-state index contributed by atoms with van der Waals surface area (Å²) in [4.78, 5) is 65.8. The van der Waals surface area contributed by atoms with Gasteiger partial charge in [0.2, 0.25) is 5.91 Å². The number of methoxy groups -OCH3 is 1. The molecular formula is C33H46N6O7. The summed E-state index contributed by atoms with van der Waals surface area (Å²) in [7, 11) is 1.71. The van der Waals surface area contributed by atoms with E-state index in [0.29, 0.717) is 24.2 Å². The van der Waals surface area contributed by atoms with Gasteiger partial charge in [0.15, 0.2) is 5.82 Å². The molecule has 46 heavy (non-hydrogen) atoms. The van der Waals surface area contributed by atoms with E-state index in [1.165, 1.54) is 0 Å². The van der Waals surface area contributed by atoms with E-state index < -0.39 is 29.9 Å². The highest BCUT2D eigenvalue weighted by Gasteiger charge is 2.32. The highest BCUT2D eigenvalue weighted by Crippen LogP contribution is 2.27. The SMILES string of the molecule is CCCCOC(=O)N1CCN(C(=O)[C@H](CCC(=O)O)NC(=O)c2cc(N3CCC(CCOC)CC3)nc(-c3ccccc3)n2)CC1. The van der Waals surface area contributed by atoms with Crippen LogP contribution in [-0.2, 0) is 19.1 Å². The lowest BCUT2D eigenvalue weighted by Crippen LogP contribution is -2.56. The molecule has 13 heteroatoms. The van der Waals surface area contributed by atoms with Crippen molar-refractivity contribution in [1.82, 2.24) is 25.1 Å². The number of nitrogens with one attached hydrogen (secondary N) is 1. The van der Waals surface area contributed by atoms with Crippen LogP contribution in [0, 0.1) is 5.92 Å². The molecule has 0 spiro atoms. The number of piperazine rings is 1. The van der Waals surface area contributed by atoms with Crippen LogP contribution in [0.4, 0.5) is 10.6 Å². The number of carboxylic acids is 1. The van der Waals surface area contributed by atoms with Gasteiger partial charge in [0, 0.05) is 71.0 Å². The number of hydrogen-bond donors (Lipinski definition) is 2. The van der Waals surface area contributed by atoms with Gasteiger partial charge in [-0.05, 0) is 38.0 Å². The molecule has 0 saturated carbocycles. The molecule has 2 aromatic rings. The number of ether oxygens (including phenoxy) is 2. The number of aromatic nitrogens is 2. The minimum atomic E-state index is -1.08. The van der Waals surface area contributed by atoms with E-state index in [2.05, 4.69) is 15.2 Å². The average molecular weight is 639 g/mol. The molecule has 2 aliphatic heterocycles. The van der Waals surface area contributed by atoms with Crippen molar-refractivity contribution >= 4 is 29.7 Å². The smallest absolute Gasteiger partial charge is 0.409 e. The number of hydrogen-bond acceptors (Lipinski definition) is 9. The quantitative estimate of drug-likeness (QED) is 0.294. The summed E-state index contributed by atoms with van der Waals surface area (Å²) in [5, 5.41) is 12.1. The number of benzene rings is 1. The van der Waals surface area contributed by atoms with Crippen LogP contribution < -0.4 is 10.2 Å². The van der Waals surface area contributed by atoms with Crippen molar-refractivity contribution in [2.45, 2.75) is 57.9 Å². The molecule has 0 radical (unpaired) electrons. The third kappa shape index (κ3) is 9.87. The maximum absolute atomic E-state index is 13.7. The lowest BCUT2D eigenvalue weighted by molar-refractivity contribution is -0.138. The van der Waals surface area contributed by atoms with Crippen LogP contribution in [0.15, 0.2) is 36.4 Å². The summed E-state index contributed by atoms with van der Waals surface area (Å²) in [5.41, 5.74) is 0.844. The Morgan fingerprint density at radius 1 is 0.978 bits per heavy atom. The highest BCUT2D eigenvalue weighted by atomic mass is 16.6. The van der Waals surface area contributed by atoms with Crippen LogP contribution in [0.3, 0.4) is 0 Å². The van der Waals surface area contributed by atoms with E-state index in [1.807, 2.05) is 37.3 Å². The summed E-state index contributed by atoms with van der Waals surface area (Å²) in [5.74, 6) is -0.484. The molecule has 2 N–H and O–H groups in total. The van der Waals surface area contributed by atoms with Crippen molar-refractivity contribution in [3.63, 3.8) is 0 Å². The molecule has 3 heterocycles. The van der Waals surface area contributed by atoms with Crippen LogP contribution in [0.2, 0.25) is 0 Å². The normalized spacial score (nSPS) is 16.2. The molecule has 0 bridgehead atoms. The number of carboxylic acid groups (broad SMARTS) is 1. The zero-order valence-electron chi connectivity index (χ0n) is 26.9. The van der Waals surface area contributed by atoms with Crippen LogP contribution in [-0.4, -0.2) is 114 Å². The Morgan fingerprint density at radius 3 is 2.33 bits per heavy atom. The predicted molar refractivity (Wildman–Crippen MR) is 171 cm³/mol. The molecule has 1 aromatic heterocycles. The molecule has 2 saturated heterocycles. The van der Waals surface area contributed by atoms with Gasteiger partial charge in [0.25, 0.3) is 5.91 Å². The van der Waals surface area contributed by atoms with Gasteiger partial charge in [-0.2, -0.15) is 0 Å². The third-order valence-electron chi connectivity index (χ3n) is 8.47. The largest absolute Gasteiger partial charge is 0.481 e. The fourth-order valence-corrected chi connectivity index (χ4v) is 5.65. The number of piperidine rings is 1.